The van der Waals surface area contributed by atoms with Crippen LogP contribution < -0.4 is 5.73 Å². The Hall–Kier alpha value is -0.0300. The summed E-state index contributed by atoms with van der Waals surface area (Å²) in [7, 11) is 0. The molecule has 0 aliphatic heterocycles. The van der Waals surface area contributed by atoms with E-state index in [0.29, 0.717) is 11.8 Å². The fraction of sp³-hybridized carbons (Fsp3) is 0.600. The maximum atomic E-state index is 8.97. The van der Waals surface area contributed by atoms with Crippen molar-refractivity contribution in [1.82, 2.24) is 0 Å². The topological polar surface area (TPSA) is 46.2 Å². The quantitative estimate of drug-likeness (QED) is 0.816. The first kappa shape index (κ1) is 12.0. The number of hydrogen-bond donors (Lipinski definition) is 2. The second-order valence-corrected chi connectivity index (χ2v) is 6.27. The normalized spacial score (nSPS) is 15.4. The third-order valence-corrected chi connectivity index (χ3v) is 4.60. The van der Waals surface area contributed by atoms with Crippen molar-refractivity contribution in [2.24, 2.45) is 5.73 Å². The summed E-state index contributed by atoms with van der Waals surface area (Å²) in [5.41, 5.74) is 5.72. The van der Waals surface area contributed by atoms with Crippen molar-refractivity contribution in [1.29, 1.82) is 0 Å². The SMILES string of the molecule is Cc1ccc(C(CN)SC(C)CO)s1. The number of aliphatic hydroxyl groups is 1. The van der Waals surface area contributed by atoms with E-state index in [2.05, 4.69) is 19.1 Å². The zero-order valence-corrected chi connectivity index (χ0v) is 10.2. The standard InChI is InChI=1S/C10H17NOS2/c1-7-3-4-9(13-7)10(5-11)14-8(2)6-12/h3-4,8,10,12H,5-6,11H2,1-2H3. The predicted octanol–water partition coefficient (Wildman–Crippen LogP) is 2.17. The van der Waals surface area contributed by atoms with E-state index in [4.69, 9.17) is 10.8 Å². The number of nitrogens with two attached hydrogens (primary N) is 1. The predicted molar refractivity (Wildman–Crippen MR) is 65.0 cm³/mol. The average molecular weight is 231 g/mol. The van der Waals surface area contributed by atoms with Crippen LogP contribution in [0.4, 0.5) is 0 Å². The lowest BCUT2D eigenvalue weighted by molar-refractivity contribution is 0.300. The van der Waals surface area contributed by atoms with E-state index in [-0.39, 0.29) is 11.9 Å². The Labute approximate surface area is 93.5 Å². The van der Waals surface area contributed by atoms with Gasteiger partial charge in [-0.3, -0.25) is 0 Å². The number of hydrogen-bond acceptors (Lipinski definition) is 4. The summed E-state index contributed by atoms with van der Waals surface area (Å²) in [6, 6.07) is 4.25. The van der Waals surface area contributed by atoms with Crippen molar-refractivity contribution >= 4 is 23.1 Å². The lowest BCUT2D eigenvalue weighted by atomic mass is 10.3. The van der Waals surface area contributed by atoms with Crippen LogP contribution in [0.1, 0.15) is 21.9 Å². The molecule has 1 heterocycles. The average Bonchev–Trinajstić information content (AvgIpc) is 2.60. The van der Waals surface area contributed by atoms with Crippen LogP contribution in [0.5, 0.6) is 0 Å². The Morgan fingerprint density at radius 3 is 2.71 bits per heavy atom. The minimum absolute atomic E-state index is 0.214. The van der Waals surface area contributed by atoms with Crippen LogP contribution in [0.3, 0.4) is 0 Å². The number of aliphatic hydroxyl groups excluding tert-OH is 1. The molecular weight excluding hydrogens is 214 g/mol. The van der Waals surface area contributed by atoms with Crippen LogP contribution >= 0.6 is 23.1 Å². The molecule has 2 atom stereocenters. The van der Waals surface area contributed by atoms with Crippen molar-refractivity contribution in [3.8, 4) is 0 Å². The van der Waals surface area contributed by atoms with Gasteiger partial charge in [-0.2, -0.15) is 0 Å². The summed E-state index contributed by atoms with van der Waals surface area (Å²) in [5.74, 6) is 0. The Kier molecular flexibility index (Phi) is 4.95. The lowest BCUT2D eigenvalue weighted by Gasteiger charge is -2.16. The molecule has 0 aromatic carbocycles. The van der Waals surface area contributed by atoms with Gasteiger partial charge in [0.25, 0.3) is 0 Å². The van der Waals surface area contributed by atoms with Gasteiger partial charge >= 0.3 is 0 Å². The van der Waals surface area contributed by atoms with Crippen molar-refractivity contribution in [2.45, 2.75) is 24.3 Å². The monoisotopic (exact) mass is 231 g/mol. The molecular formula is C10H17NOS2. The molecule has 0 saturated heterocycles. The highest BCUT2D eigenvalue weighted by Crippen LogP contribution is 2.34. The van der Waals surface area contributed by atoms with Crippen LogP contribution in [0.15, 0.2) is 12.1 Å². The van der Waals surface area contributed by atoms with Crippen molar-refractivity contribution < 1.29 is 5.11 Å². The fourth-order valence-electron chi connectivity index (χ4n) is 1.19. The number of rotatable bonds is 5. The second kappa shape index (κ2) is 5.75. The van der Waals surface area contributed by atoms with E-state index in [0.717, 1.165) is 0 Å². The Bertz CT molecular complexity index is 275. The first-order valence-electron chi connectivity index (χ1n) is 4.70. The summed E-state index contributed by atoms with van der Waals surface area (Å²) < 4.78 is 0. The van der Waals surface area contributed by atoms with Crippen LogP contribution in [-0.4, -0.2) is 23.5 Å². The van der Waals surface area contributed by atoms with Crippen molar-refractivity contribution in [3.63, 3.8) is 0 Å². The molecule has 0 aliphatic carbocycles. The summed E-state index contributed by atoms with van der Waals surface area (Å²) in [6.07, 6.45) is 0. The molecule has 2 unspecified atom stereocenters. The number of thiophene rings is 1. The zero-order chi connectivity index (χ0) is 10.6. The summed E-state index contributed by atoms with van der Waals surface area (Å²) in [5, 5.41) is 9.56. The van der Waals surface area contributed by atoms with Gasteiger partial charge in [-0.1, -0.05) is 6.92 Å². The summed E-state index contributed by atoms with van der Waals surface area (Å²) in [6.45, 7) is 4.97. The molecule has 3 N–H and O–H groups in total. The van der Waals surface area contributed by atoms with Gasteiger partial charge in [0.15, 0.2) is 0 Å². The molecule has 2 nitrogen and oxygen atoms in total. The van der Waals surface area contributed by atoms with E-state index >= 15 is 0 Å². The van der Waals surface area contributed by atoms with Crippen LogP contribution in [-0.2, 0) is 0 Å². The first-order chi connectivity index (χ1) is 6.67. The fourth-order valence-corrected chi connectivity index (χ4v) is 3.34. The van der Waals surface area contributed by atoms with Gasteiger partial charge in [-0.15, -0.1) is 23.1 Å². The van der Waals surface area contributed by atoms with Gasteiger partial charge in [0.1, 0.15) is 0 Å². The van der Waals surface area contributed by atoms with E-state index in [1.54, 1.807) is 23.1 Å². The Balaban J connectivity index is 2.62. The first-order valence-corrected chi connectivity index (χ1v) is 6.46. The van der Waals surface area contributed by atoms with Crippen molar-refractivity contribution in [2.75, 3.05) is 13.2 Å². The van der Waals surface area contributed by atoms with E-state index < -0.39 is 0 Å². The Morgan fingerprint density at radius 1 is 1.57 bits per heavy atom. The van der Waals surface area contributed by atoms with E-state index in [9.17, 15) is 0 Å². The maximum Gasteiger partial charge on any atom is 0.0547 e. The molecule has 0 radical (unpaired) electrons. The molecule has 1 aromatic rings. The molecule has 0 amide bonds. The minimum atomic E-state index is 0.214. The van der Waals surface area contributed by atoms with Gasteiger partial charge in [-0.25, -0.2) is 0 Å². The highest BCUT2D eigenvalue weighted by molar-refractivity contribution is 8.00. The molecule has 0 saturated carbocycles. The summed E-state index contributed by atoms with van der Waals surface area (Å²) >= 11 is 3.54. The highest BCUT2D eigenvalue weighted by Gasteiger charge is 2.15. The van der Waals surface area contributed by atoms with Gasteiger partial charge < -0.3 is 10.8 Å². The van der Waals surface area contributed by atoms with Gasteiger partial charge in [-0.05, 0) is 19.1 Å². The molecule has 0 aliphatic rings. The molecule has 0 spiro atoms. The minimum Gasteiger partial charge on any atom is -0.395 e. The third kappa shape index (κ3) is 3.28. The largest absolute Gasteiger partial charge is 0.395 e. The highest BCUT2D eigenvalue weighted by atomic mass is 32.2. The lowest BCUT2D eigenvalue weighted by Crippen LogP contribution is -2.13. The maximum absolute atomic E-state index is 8.97. The van der Waals surface area contributed by atoms with Crippen LogP contribution in [0, 0.1) is 6.92 Å². The number of thioether (sulfide) groups is 1. The van der Waals surface area contributed by atoms with E-state index in [1.165, 1.54) is 9.75 Å². The number of aryl methyl sites for hydroxylation is 1. The van der Waals surface area contributed by atoms with Crippen LogP contribution in [0.25, 0.3) is 0 Å². The zero-order valence-electron chi connectivity index (χ0n) is 8.56. The molecule has 0 bridgehead atoms. The molecule has 1 rings (SSSR count). The summed E-state index contributed by atoms with van der Waals surface area (Å²) in [4.78, 5) is 2.63. The van der Waals surface area contributed by atoms with Gasteiger partial charge in [0.2, 0.25) is 0 Å². The van der Waals surface area contributed by atoms with Gasteiger partial charge in [0, 0.05) is 21.5 Å². The molecule has 4 heteroatoms. The molecule has 1 aromatic heterocycles. The van der Waals surface area contributed by atoms with Crippen molar-refractivity contribution in [3.05, 3.63) is 21.9 Å². The molecule has 14 heavy (non-hydrogen) atoms. The third-order valence-electron chi connectivity index (χ3n) is 1.95. The van der Waals surface area contributed by atoms with E-state index in [1.807, 2.05) is 6.92 Å². The molecule has 0 fully saturated rings. The second-order valence-electron chi connectivity index (χ2n) is 3.30. The van der Waals surface area contributed by atoms with Crippen LogP contribution in [0.2, 0.25) is 0 Å². The smallest absolute Gasteiger partial charge is 0.0547 e. The van der Waals surface area contributed by atoms with Gasteiger partial charge in [0.05, 0.1) is 11.9 Å². The molecule has 80 valence electrons. The Morgan fingerprint density at radius 2 is 2.29 bits per heavy atom.